The number of fused-ring (bicyclic) bond motifs is 1. The van der Waals surface area contributed by atoms with Crippen LogP contribution in [0.4, 0.5) is 0 Å². The first-order valence-electron chi connectivity index (χ1n) is 6.32. The van der Waals surface area contributed by atoms with Gasteiger partial charge in [0.2, 0.25) is 0 Å². The average Bonchev–Trinajstić information content (AvgIpc) is 2.99. The Hall–Kier alpha value is -2.30. The highest BCUT2D eigenvalue weighted by atomic mass is 17.0. The third-order valence-corrected chi connectivity index (χ3v) is 3.16. The molecule has 2 fully saturated rings. The summed E-state index contributed by atoms with van der Waals surface area (Å²) in [5, 5.41) is 44.5. The molecule has 0 spiro atoms. The van der Waals surface area contributed by atoms with Crippen LogP contribution in [0.3, 0.4) is 0 Å². The molecule has 0 unspecified atom stereocenters. The van der Waals surface area contributed by atoms with Crippen LogP contribution in [0.15, 0.2) is 18.2 Å². The lowest BCUT2D eigenvalue weighted by Gasteiger charge is -2.12. The number of hydrogen-bond acceptors (Lipinski definition) is 9. The molecule has 4 atom stereocenters. The first-order chi connectivity index (χ1) is 10.4. The zero-order chi connectivity index (χ0) is 16.3. The van der Waals surface area contributed by atoms with E-state index in [1.54, 1.807) is 0 Å². The normalized spacial score (nSPS) is 29.3. The van der Waals surface area contributed by atoms with Gasteiger partial charge in [0.25, 0.3) is 5.09 Å². The van der Waals surface area contributed by atoms with Crippen molar-refractivity contribution in [1.82, 2.24) is 0 Å². The van der Waals surface area contributed by atoms with Gasteiger partial charge < -0.3 is 34.7 Å². The molecule has 10 nitrogen and oxygen atoms in total. The lowest BCUT2D eigenvalue weighted by atomic mass is 10.1. The second kappa shape index (κ2) is 6.64. The van der Waals surface area contributed by atoms with Crippen molar-refractivity contribution >= 4 is 0 Å². The first-order valence-corrected chi connectivity index (χ1v) is 6.32. The number of aromatic hydroxyl groups is 3. The lowest BCUT2D eigenvalue weighted by Crippen LogP contribution is -2.33. The van der Waals surface area contributed by atoms with Crippen molar-refractivity contribution in [2.24, 2.45) is 0 Å². The molecule has 122 valence electrons. The molecule has 2 heterocycles. The highest BCUT2D eigenvalue weighted by Crippen LogP contribution is 2.28. The predicted molar refractivity (Wildman–Crippen MR) is 68.8 cm³/mol. The van der Waals surface area contributed by atoms with Gasteiger partial charge in [-0.25, -0.2) is 0 Å². The van der Waals surface area contributed by atoms with E-state index in [9.17, 15) is 15.2 Å². The molecular formula is C12H15NO9. The number of nitrogens with zero attached hydrogens (tertiary/aromatic N) is 1. The van der Waals surface area contributed by atoms with Crippen molar-refractivity contribution in [2.45, 2.75) is 24.4 Å². The maximum absolute atomic E-state index is 10.0. The number of hydrogen-bond donors (Lipinski definition) is 4. The Morgan fingerprint density at radius 1 is 1.14 bits per heavy atom. The minimum absolute atomic E-state index is 0.0645. The maximum atomic E-state index is 10.0. The molecule has 2 aliphatic heterocycles. The number of aliphatic hydroxyl groups excluding tert-OH is 1. The molecule has 1 aromatic carbocycles. The fourth-order valence-electron chi connectivity index (χ4n) is 2.16. The van der Waals surface area contributed by atoms with Crippen LogP contribution < -0.4 is 0 Å². The van der Waals surface area contributed by atoms with Crippen LogP contribution in [0, 0.1) is 10.1 Å². The Morgan fingerprint density at radius 2 is 1.82 bits per heavy atom. The van der Waals surface area contributed by atoms with E-state index in [1.807, 2.05) is 0 Å². The van der Waals surface area contributed by atoms with Crippen molar-refractivity contribution < 1.29 is 39.8 Å². The Morgan fingerprint density at radius 3 is 2.41 bits per heavy atom. The number of aliphatic hydroxyl groups is 1. The highest BCUT2D eigenvalue weighted by molar-refractivity contribution is 5.42. The van der Waals surface area contributed by atoms with Crippen LogP contribution in [-0.4, -0.2) is 63.1 Å². The van der Waals surface area contributed by atoms with Crippen LogP contribution in [0.5, 0.6) is 17.2 Å². The van der Waals surface area contributed by atoms with E-state index in [1.165, 1.54) is 12.1 Å². The maximum Gasteiger partial charge on any atom is 0.294 e. The lowest BCUT2D eigenvalue weighted by molar-refractivity contribution is -0.769. The van der Waals surface area contributed by atoms with Gasteiger partial charge in [-0.2, -0.15) is 0 Å². The number of phenolic OH excluding ortho intramolecular Hbond substituents is 3. The summed E-state index contributed by atoms with van der Waals surface area (Å²) in [6.07, 6.45) is -2.41. The van der Waals surface area contributed by atoms with Crippen molar-refractivity contribution in [2.75, 3.05) is 13.2 Å². The van der Waals surface area contributed by atoms with Gasteiger partial charge in [-0.05, 0) is 12.1 Å². The van der Waals surface area contributed by atoms with Gasteiger partial charge in [-0.15, -0.1) is 10.1 Å². The van der Waals surface area contributed by atoms with Crippen molar-refractivity contribution in [1.29, 1.82) is 0 Å². The van der Waals surface area contributed by atoms with Gasteiger partial charge in [0, 0.05) is 6.07 Å². The summed E-state index contributed by atoms with van der Waals surface area (Å²) in [6.45, 7) is 0.236. The largest absolute Gasteiger partial charge is 0.508 e. The summed E-state index contributed by atoms with van der Waals surface area (Å²) in [4.78, 5) is 14.4. The van der Waals surface area contributed by atoms with Crippen LogP contribution >= 0.6 is 0 Å². The fourth-order valence-corrected chi connectivity index (χ4v) is 2.16. The molecule has 2 aliphatic rings. The second-order valence-corrected chi connectivity index (χ2v) is 4.70. The van der Waals surface area contributed by atoms with E-state index in [-0.39, 0.29) is 30.5 Å². The molecule has 1 aromatic rings. The monoisotopic (exact) mass is 317 g/mol. The minimum atomic E-state index is -0.871. The molecule has 0 aliphatic carbocycles. The second-order valence-electron chi connectivity index (χ2n) is 4.70. The van der Waals surface area contributed by atoms with E-state index in [0.717, 1.165) is 6.07 Å². The molecule has 10 heteroatoms. The quantitative estimate of drug-likeness (QED) is 0.245. The van der Waals surface area contributed by atoms with Crippen LogP contribution in [0.1, 0.15) is 0 Å². The van der Waals surface area contributed by atoms with Gasteiger partial charge in [-0.1, -0.05) is 0 Å². The highest BCUT2D eigenvalue weighted by Gasteiger charge is 2.48. The van der Waals surface area contributed by atoms with E-state index in [4.69, 9.17) is 24.8 Å². The van der Waals surface area contributed by atoms with Crippen molar-refractivity contribution in [3.8, 4) is 17.2 Å². The van der Waals surface area contributed by atoms with Crippen LogP contribution in [0.25, 0.3) is 0 Å². The molecule has 0 aromatic heterocycles. The fraction of sp³-hybridized carbons (Fsp3) is 0.500. The van der Waals surface area contributed by atoms with Gasteiger partial charge >= 0.3 is 0 Å². The van der Waals surface area contributed by atoms with E-state index in [2.05, 4.69) is 4.84 Å². The first kappa shape index (κ1) is 16.1. The summed E-state index contributed by atoms with van der Waals surface area (Å²) in [7, 11) is 0. The van der Waals surface area contributed by atoms with Crippen molar-refractivity contribution in [3.63, 3.8) is 0 Å². The third kappa shape index (κ3) is 3.67. The van der Waals surface area contributed by atoms with Gasteiger partial charge in [0.1, 0.15) is 24.1 Å². The molecule has 2 saturated heterocycles. The number of ether oxygens (including phenoxy) is 2. The molecule has 22 heavy (non-hydrogen) atoms. The molecule has 0 saturated carbocycles. The molecule has 4 N–H and O–H groups in total. The molecule has 3 rings (SSSR count). The molecule has 0 radical (unpaired) electrons. The Balaban J connectivity index is 0.000000172. The van der Waals surface area contributed by atoms with Gasteiger partial charge in [0.15, 0.2) is 17.6 Å². The summed E-state index contributed by atoms with van der Waals surface area (Å²) in [5.74, 6) is -0.604. The molecular weight excluding hydrogens is 302 g/mol. The Kier molecular flexibility index (Phi) is 4.85. The van der Waals surface area contributed by atoms with Gasteiger partial charge in [0.05, 0.1) is 13.2 Å². The van der Waals surface area contributed by atoms with Crippen LogP contribution in [0.2, 0.25) is 0 Å². The standard InChI is InChI=1S/C6H9NO6.C6H6O3/c8-3-1-11-6-4(13-7(9)10)2-12-5(3)6;7-4-1-2-5(8)6(9)3-4/h3-6,8H,1-2H2;1-3,7-9H/t3-,4+,5+,6+;/m0./s1. The predicted octanol–water partition coefficient (Wildman–Crippen LogP) is -0.475. The van der Waals surface area contributed by atoms with E-state index >= 15 is 0 Å². The number of phenols is 3. The Bertz CT molecular complexity index is 537. The summed E-state index contributed by atoms with van der Waals surface area (Å²) in [6, 6.07) is 3.56. The van der Waals surface area contributed by atoms with E-state index < -0.39 is 29.5 Å². The third-order valence-electron chi connectivity index (χ3n) is 3.16. The van der Waals surface area contributed by atoms with E-state index in [0.29, 0.717) is 0 Å². The topological polar surface area (TPSA) is 152 Å². The zero-order valence-corrected chi connectivity index (χ0v) is 11.2. The molecule has 0 amide bonds. The summed E-state index contributed by atoms with van der Waals surface area (Å²) >= 11 is 0. The summed E-state index contributed by atoms with van der Waals surface area (Å²) in [5.41, 5.74) is 0. The number of rotatable bonds is 2. The zero-order valence-electron chi connectivity index (χ0n) is 11.2. The van der Waals surface area contributed by atoms with Crippen LogP contribution in [-0.2, 0) is 14.3 Å². The van der Waals surface area contributed by atoms with Crippen molar-refractivity contribution in [3.05, 3.63) is 28.3 Å². The number of benzene rings is 1. The van der Waals surface area contributed by atoms with Gasteiger partial charge in [-0.3, -0.25) is 0 Å². The smallest absolute Gasteiger partial charge is 0.294 e. The Labute approximate surface area is 124 Å². The SMILES string of the molecule is O=[N+]([O-])O[C@@H]1CO[C@H]2[C@@H]1OC[C@@H]2O.Oc1ccc(O)c(O)c1. The average molecular weight is 317 g/mol. The summed E-state index contributed by atoms with van der Waals surface area (Å²) < 4.78 is 10.2. The minimum Gasteiger partial charge on any atom is -0.508 e. The molecule has 0 bridgehead atoms.